The van der Waals surface area contributed by atoms with Crippen LogP contribution >= 0.6 is 0 Å². The van der Waals surface area contributed by atoms with Gasteiger partial charge in [0.25, 0.3) is 0 Å². The summed E-state index contributed by atoms with van der Waals surface area (Å²) in [6.07, 6.45) is 0. The lowest BCUT2D eigenvalue weighted by atomic mass is 9.87. The molecule has 0 bridgehead atoms. The molecule has 0 unspecified atom stereocenters. The Hall–Kier alpha value is -1.12. The number of alkyl halides is 1. The molecule has 0 atom stereocenters. The van der Waals surface area contributed by atoms with Gasteiger partial charge in [-0.15, -0.1) is 0 Å². The molecule has 15 heavy (non-hydrogen) atoms. The van der Waals surface area contributed by atoms with E-state index >= 15 is 0 Å². The van der Waals surface area contributed by atoms with Crippen LogP contribution < -0.4 is 4.74 Å². The molecule has 1 aromatic rings. The van der Waals surface area contributed by atoms with E-state index in [1.54, 1.807) is 12.1 Å². The highest BCUT2D eigenvalue weighted by Gasteiger charge is 2.16. The zero-order valence-corrected chi connectivity index (χ0v) is 9.31. The summed E-state index contributed by atoms with van der Waals surface area (Å²) in [7, 11) is 0. The first-order valence-corrected chi connectivity index (χ1v) is 4.94. The zero-order chi connectivity index (χ0) is 11.5. The minimum absolute atomic E-state index is 0.0679. The van der Waals surface area contributed by atoms with Crippen molar-refractivity contribution in [3.8, 4) is 5.75 Å². The van der Waals surface area contributed by atoms with E-state index in [2.05, 4.69) is 0 Å². The number of rotatable bonds is 3. The molecule has 0 saturated carbocycles. The first kappa shape index (κ1) is 12.0. The number of benzene rings is 1. The summed E-state index contributed by atoms with van der Waals surface area (Å²) in [5.41, 5.74) is 0.902. The second-order valence-corrected chi connectivity index (χ2v) is 4.43. The molecule has 3 heteroatoms. The average Bonchev–Trinajstić information content (AvgIpc) is 2.15. The lowest BCUT2D eigenvalue weighted by Gasteiger charge is -2.20. The third-order valence-electron chi connectivity index (χ3n) is 2.13. The summed E-state index contributed by atoms with van der Waals surface area (Å²) in [4.78, 5) is 0. The first-order valence-electron chi connectivity index (χ1n) is 4.94. The van der Waals surface area contributed by atoms with E-state index in [0.717, 1.165) is 5.56 Å². The summed E-state index contributed by atoms with van der Waals surface area (Å²) in [5, 5.41) is 0. The van der Waals surface area contributed by atoms with Crippen LogP contribution in [0.15, 0.2) is 18.2 Å². The van der Waals surface area contributed by atoms with E-state index in [9.17, 15) is 8.78 Å². The van der Waals surface area contributed by atoms with Gasteiger partial charge in [0.2, 0.25) is 0 Å². The Bertz CT molecular complexity index is 329. The van der Waals surface area contributed by atoms with E-state index < -0.39 is 12.5 Å². The van der Waals surface area contributed by atoms with E-state index in [4.69, 9.17) is 4.74 Å². The molecule has 84 valence electrons. The molecular formula is C12H16F2O. The van der Waals surface area contributed by atoms with Gasteiger partial charge in [0.1, 0.15) is 13.3 Å². The van der Waals surface area contributed by atoms with Crippen molar-refractivity contribution < 1.29 is 13.5 Å². The zero-order valence-electron chi connectivity index (χ0n) is 9.31. The van der Waals surface area contributed by atoms with Crippen LogP contribution in [0.3, 0.4) is 0 Å². The van der Waals surface area contributed by atoms with Gasteiger partial charge >= 0.3 is 0 Å². The largest absolute Gasteiger partial charge is 0.488 e. The Balaban J connectivity index is 2.95. The first-order chi connectivity index (χ1) is 6.95. The van der Waals surface area contributed by atoms with Gasteiger partial charge in [0.15, 0.2) is 11.6 Å². The number of halogens is 2. The molecule has 0 fully saturated rings. The van der Waals surface area contributed by atoms with E-state index in [1.807, 2.05) is 20.8 Å². The van der Waals surface area contributed by atoms with E-state index in [1.165, 1.54) is 6.07 Å². The Morgan fingerprint density at radius 3 is 2.47 bits per heavy atom. The van der Waals surface area contributed by atoms with Gasteiger partial charge in [-0.1, -0.05) is 26.8 Å². The fourth-order valence-electron chi connectivity index (χ4n) is 1.23. The normalized spacial score (nSPS) is 11.5. The highest BCUT2D eigenvalue weighted by atomic mass is 19.1. The molecule has 0 saturated heterocycles. The summed E-state index contributed by atoms with van der Waals surface area (Å²) < 4.78 is 30.1. The minimum Gasteiger partial charge on any atom is -0.488 e. The third kappa shape index (κ3) is 3.18. The van der Waals surface area contributed by atoms with Gasteiger partial charge in [0.05, 0.1) is 0 Å². The van der Waals surface area contributed by atoms with Crippen LogP contribution in [0.2, 0.25) is 0 Å². The maximum absolute atomic E-state index is 13.2. The van der Waals surface area contributed by atoms with Crippen LogP contribution in [0.4, 0.5) is 8.78 Å². The lowest BCUT2D eigenvalue weighted by molar-refractivity contribution is 0.262. The Morgan fingerprint density at radius 2 is 1.93 bits per heavy atom. The van der Waals surface area contributed by atoms with Gasteiger partial charge < -0.3 is 4.74 Å². The quantitative estimate of drug-likeness (QED) is 0.748. The second-order valence-electron chi connectivity index (χ2n) is 4.43. The molecule has 0 N–H and O–H groups in total. The van der Waals surface area contributed by atoms with Crippen molar-refractivity contribution in [3.63, 3.8) is 0 Å². The van der Waals surface area contributed by atoms with Crippen molar-refractivity contribution >= 4 is 0 Å². The van der Waals surface area contributed by atoms with Crippen LogP contribution in [0.5, 0.6) is 5.75 Å². The molecule has 0 aromatic heterocycles. The summed E-state index contributed by atoms with van der Waals surface area (Å²) in [6, 6.07) is 4.71. The third-order valence-corrected chi connectivity index (χ3v) is 2.13. The topological polar surface area (TPSA) is 9.23 Å². The Labute approximate surface area is 89.1 Å². The Morgan fingerprint density at radius 1 is 1.27 bits per heavy atom. The molecule has 0 aliphatic rings. The van der Waals surface area contributed by atoms with Crippen molar-refractivity contribution in [2.75, 3.05) is 13.3 Å². The fourth-order valence-corrected chi connectivity index (χ4v) is 1.23. The standard InChI is InChI=1S/C12H16F2O/c1-12(2,3)9-4-5-10(14)11(8-9)15-7-6-13/h4-5,8H,6-7H2,1-3H3. The van der Waals surface area contributed by atoms with Gasteiger partial charge in [-0.3, -0.25) is 0 Å². The Kier molecular flexibility index (Phi) is 3.66. The summed E-state index contributed by atoms with van der Waals surface area (Å²) in [5.74, 6) is -0.323. The summed E-state index contributed by atoms with van der Waals surface area (Å²) in [6.45, 7) is 5.36. The van der Waals surface area contributed by atoms with Crippen molar-refractivity contribution in [1.29, 1.82) is 0 Å². The molecule has 0 amide bonds. The smallest absolute Gasteiger partial charge is 0.165 e. The van der Waals surface area contributed by atoms with Crippen molar-refractivity contribution in [2.24, 2.45) is 0 Å². The molecule has 1 nitrogen and oxygen atoms in total. The average molecular weight is 214 g/mol. The van der Waals surface area contributed by atoms with Crippen LogP contribution in [0.25, 0.3) is 0 Å². The van der Waals surface area contributed by atoms with E-state index in [-0.39, 0.29) is 17.8 Å². The second kappa shape index (κ2) is 4.60. The van der Waals surface area contributed by atoms with Gasteiger partial charge in [-0.25, -0.2) is 8.78 Å². The number of hydrogen-bond donors (Lipinski definition) is 0. The monoisotopic (exact) mass is 214 g/mol. The fraction of sp³-hybridized carbons (Fsp3) is 0.500. The highest BCUT2D eigenvalue weighted by Crippen LogP contribution is 2.27. The maximum Gasteiger partial charge on any atom is 0.165 e. The van der Waals surface area contributed by atoms with Gasteiger partial charge in [0, 0.05) is 0 Å². The van der Waals surface area contributed by atoms with Crippen molar-refractivity contribution in [1.82, 2.24) is 0 Å². The molecule has 0 heterocycles. The highest BCUT2D eigenvalue weighted by molar-refractivity contribution is 5.34. The molecule has 0 spiro atoms. The number of hydrogen-bond acceptors (Lipinski definition) is 1. The van der Waals surface area contributed by atoms with E-state index in [0.29, 0.717) is 0 Å². The van der Waals surface area contributed by atoms with Crippen molar-refractivity contribution in [2.45, 2.75) is 26.2 Å². The summed E-state index contributed by atoms with van der Waals surface area (Å²) >= 11 is 0. The van der Waals surface area contributed by atoms with Crippen molar-refractivity contribution in [3.05, 3.63) is 29.6 Å². The molecule has 1 aromatic carbocycles. The van der Waals surface area contributed by atoms with Gasteiger partial charge in [-0.05, 0) is 23.1 Å². The predicted molar refractivity (Wildman–Crippen MR) is 56.6 cm³/mol. The van der Waals surface area contributed by atoms with Crippen LogP contribution in [0, 0.1) is 5.82 Å². The predicted octanol–water partition coefficient (Wildman–Crippen LogP) is 3.47. The molecule has 0 aliphatic heterocycles. The minimum atomic E-state index is -0.612. The maximum atomic E-state index is 13.2. The van der Waals surface area contributed by atoms with Crippen LogP contribution in [0.1, 0.15) is 26.3 Å². The SMILES string of the molecule is CC(C)(C)c1ccc(F)c(OCCF)c1. The van der Waals surface area contributed by atoms with Crippen LogP contribution in [-0.2, 0) is 5.41 Å². The number of ether oxygens (including phenoxy) is 1. The van der Waals surface area contributed by atoms with Gasteiger partial charge in [-0.2, -0.15) is 0 Å². The molecular weight excluding hydrogens is 198 g/mol. The van der Waals surface area contributed by atoms with Crippen LogP contribution in [-0.4, -0.2) is 13.3 Å². The molecule has 0 radical (unpaired) electrons. The lowest BCUT2D eigenvalue weighted by Crippen LogP contribution is -2.12. The molecule has 1 rings (SSSR count). The molecule has 0 aliphatic carbocycles.